The van der Waals surface area contributed by atoms with Crippen LogP contribution in [-0.4, -0.2) is 36.7 Å². The smallest absolute Gasteiger partial charge is 0.123 e. The molecule has 0 unspecified atom stereocenters. The van der Waals surface area contributed by atoms with Crippen LogP contribution < -0.4 is 4.74 Å². The Bertz CT molecular complexity index is 594. The molecule has 102 valence electrons. The first kappa shape index (κ1) is 12.5. The number of aryl methyl sites for hydroxylation is 1. The third-order valence-corrected chi connectivity index (χ3v) is 4.52. The zero-order valence-corrected chi connectivity index (χ0v) is 12.2. The molecule has 0 radical (unpaired) electrons. The van der Waals surface area contributed by atoms with Gasteiger partial charge in [-0.25, -0.2) is 0 Å². The van der Waals surface area contributed by atoms with E-state index in [9.17, 15) is 0 Å². The molecule has 0 spiro atoms. The van der Waals surface area contributed by atoms with E-state index < -0.39 is 0 Å². The average Bonchev–Trinajstić information content (AvgIpc) is 2.72. The number of hydrogen-bond donors (Lipinski definition) is 0. The van der Waals surface area contributed by atoms with Crippen LogP contribution in [0.25, 0.3) is 10.9 Å². The summed E-state index contributed by atoms with van der Waals surface area (Å²) in [6.07, 6.45) is 4.72. The molecule has 0 aliphatic heterocycles. The third-order valence-electron chi connectivity index (χ3n) is 4.52. The molecule has 1 aliphatic rings. The zero-order valence-electron chi connectivity index (χ0n) is 12.2. The Labute approximate surface area is 114 Å². The Morgan fingerprint density at radius 2 is 1.95 bits per heavy atom. The highest BCUT2D eigenvalue weighted by Gasteiger charge is 2.32. The maximum atomic E-state index is 5.45. The molecule has 1 heterocycles. The van der Waals surface area contributed by atoms with Gasteiger partial charge in [0.05, 0.1) is 12.6 Å². The molecule has 3 heteroatoms. The van der Waals surface area contributed by atoms with E-state index in [2.05, 4.69) is 54.9 Å². The lowest BCUT2D eigenvalue weighted by Gasteiger charge is -2.41. The van der Waals surface area contributed by atoms with Gasteiger partial charge in [0.1, 0.15) is 5.75 Å². The van der Waals surface area contributed by atoms with Gasteiger partial charge in [-0.1, -0.05) is 0 Å². The molecule has 1 saturated carbocycles. The average molecular weight is 258 g/mol. The topological polar surface area (TPSA) is 17.4 Å². The number of hydrogen-bond acceptors (Lipinski definition) is 2. The van der Waals surface area contributed by atoms with Gasteiger partial charge in [-0.2, -0.15) is 0 Å². The molecule has 0 atom stereocenters. The molecule has 0 bridgehead atoms. The fraction of sp³-hybridized carbons (Fsp3) is 0.500. The molecule has 0 amide bonds. The van der Waals surface area contributed by atoms with E-state index >= 15 is 0 Å². The van der Waals surface area contributed by atoms with Gasteiger partial charge in [-0.3, -0.25) is 0 Å². The highest BCUT2D eigenvalue weighted by molar-refractivity contribution is 5.85. The summed E-state index contributed by atoms with van der Waals surface area (Å²) >= 11 is 0. The van der Waals surface area contributed by atoms with Crippen LogP contribution in [-0.2, 0) is 0 Å². The normalized spacial score (nSPS) is 22.8. The number of aromatic nitrogens is 1. The van der Waals surface area contributed by atoms with Crippen LogP contribution in [0.3, 0.4) is 0 Å². The summed E-state index contributed by atoms with van der Waals surface area (Å²) < 4.78 is 7.88. The monoisotopic (exact) mass is 258 g/mol. The highest BCUT2D eigenvalue weighted by atomic mass is 16.5. The second kappa shape index (κ2) is 4.57. The van der Waals surface area contributed by atoms with E-state index in [1.807, 2.05) is 0 Å². The first-order valence-electron chi connectivity index (χ1n) is 6.92. The van der Waals surface area contributed by atoms with E-state index in [0.717, 1.165) is 11.8 Å². The summed E-state index contributed by atoms with van der Waals surface area (Å²) in [5, 5.41) is 1.31. The van der Waals surface area contributed by atoms with Gasteiger partial charge in [0, 0.05) is 29.2 Å². The van der Waals surface area contributed by atoms with Crippen molar-refractivity contribution in [2.24, 2.45) is 0 Å². The molecule has 1 aromatic heterocycles. The van der Waals surface area contributed by atoms with Crippen LogP contribution >= 0.6 is 0 Å². The fourth-order valence-electron chi connectivity index (χ4n) is 3.15. The first-order chi connectivity index (χ1) is 9.11. The van der Waals surface area contributed by atoms with E-state index in [4.69, 9.17) is 4.74 Å². The minimum Gasteiger partial charge on any atom is -0.496 e. The largest absolute Gasteiger partial charge is 0.496 e. The van der Waals surface area contributed by atoms with Crippen LogP contribution in [0.4, 0.5) is 0 Å². The van der Waals surface area contributed by atoms with E-state index in [0.29, 0.717) is 6.04 Å². The summed E-state index contributed by atoms with van der Waals surface area (Å²) in [5.74, 6) is 0.982. The van der Waals surface area contributed by atoms with Gasteiger partial charge in [-0.05, 0) is 52.1 Å². The van der Waals surface area contributed by atoms with Crippen molar-refractivity contribution in [3.8, 4) is 5.75 Å². The molecule has 2 aromatic rings. The van der Waals surface area contributed by atoms with Gasteiger partial charge in [0.15, 0.2) is 0 Å². The van der Waals surface area contributed by atoms with Gasteiger partial charge in [0.2, 0.25) is 0 Å². The van der Waals surface area contributed by atoms with Crippen molar-refractivity contribution in [1.82, 2.24) is 9.47 Å². The highest BCUT2D eigenvalue weighted by Crippen LogP contribution is 2.39. The Balaban J connectivity index is 1.97. The van der Waals surface area contributed by atoms with Crippen molar-refractivity contribution in [2.75, 3.05) is 21.2 Å². The molecule has 3 nitrogen and oxygen atoms in total. The summed E-state index contributed by atoms with van der Waals surface area (Å²) in [6, 6.07) is 7.79. The Morgan fingerprint density at radius 3 is 2.58 bits per heavy atom. The molecule has 3 rings (SSSR count). The van der Waals surface area contributed by atoms with Crippen molar-refractivity contribution in [3.05, 3.63) is 30.0 Å². The Hall–Kier alpha value is -1.48. The molecule has 1 aromatic carbocycles. The molecule has 1 aliphatic carbocycles. The maximum absolute atomic E-state index is 5.45. The Morgan fingerprint density at radius 1 is 1.21 bits per heavy atom. The quantitative estimate of drug-likeness (QED) is 0.841. The fourth-order valence-corrected chi connectivity index (χ4v) is 3.15. The third kappa shape index (κ3) is 1.93. The summed E-state index contributed by atoms with van der Waals surface area (Å²) in [7, 11) is 6.08. The lowest BCUT2D eigenvalue weighted by Crippen LogP contribution is -2.41. The summed E-state index contributed by atoms with van der Waals surface area (Å²) in [4.78, 5) is 2.33. The van der Waals surface area contributed by atoms with Crippen LogP contribution in [0, 0.1) is 6.92 Å². The number of benzene rings is 1. The van der Waals surface area contributed by atoms with Crippen molar-refractivity contribution in [1.29, 1.82) is 0 Å². The van der Waals surface area contributed by atoms with Crippen molar-refractivity contribution in [2.45, 2.75) is 31.8 Å². The number of ether oxygens (including phenoxy) is 1. The van der Waals surface area contributed by atoms with Crippen LogP contribution in [0.2, 0.25) is 0 Å². The first-order valence-corrected chi connectivity index (χ1v) is 6.92. The second-order valence-electron chi connectivity index (χ2n) is 5.80. The Kier molecular flexibility index (Phi) is 3.02. The lowest BCUT2D eigenvalue weighted by atomic mass is 9.85. The van der Waals surface area contributed by atoms with Crippen LogP contribution in [0.5, 0.6) is 5.75 Å². The molecule has 0 N–H and O–H groups in total. The summed E-state index contributed by atoms with van der Waals surface area (Å²) in [6.45, 7) is 2.15. The van der Waals surface area contributed by atoms with E-state index in [1.54, 1.807) is 7.11 Å². The van der Waals surface area contributed by atoms with Crippen molar-refractivity contribution in [3.63, 3.8) is 0 Å². The van der Waals surface area contributed by atoms with Gasteiger partial charge >= 0.3 is 0 Å². The maximum Gasteiger partial charge on any atom is 0.123 e. The summed E-state index contributed by atoms with van der Waals surface area (Å²) in [5.41, 5.74) is 2.58. The van der Waals surface area contributed by atoms with Gasteiger partial charge < -0.3 is 14.2 Å². The number of nitrogens with zero attached hydrogens (tertiary/aromatic N) is 2. The van der Waals surface area contributed by atoms with Crippen LogP contribution in [0.1, 0.15) is 24.4 Å². The van der Waals surface area contributed by atoms with E-state index in [1.165, 1.54) is 29.3 Å². The predicted octanol–water partition coefficient (Wildman–Crippen LogP) is 3.22. The number of methoxy groups -OCH3 is 1. The second-order valence-corrected chi connectivity index (χ2v) is 5.80. The zero-order chi connectivity index (χ0) is 13.6. The van der Waals surface area contributed by atoms with E-state index in [-0.39, 0.29) is 0 Å². The van der Waals surface area contributed by atoms with Crippen LogP contribution in [0.15, 0.2) is 24.4 Å². The lowest BCUT2D eigenvalue weighted by molar-refractivity contribution is 0.131. The molecular formula is C16H22N2O. The standard InChI is InChI=1S/C16H22N2O/c1-11-15(19-4)6-5-12-7-8-18(16(11)12)14-9-13(10-14)17(2)3/h5-8,13-14H,9-10H2,1-4H3. The minimum absolute atomic E-state index is 0.635. The minimum atomic E-state index is 0.635. The molecular weight excluding hydrogens is 236 g/mol. The predicted molar refractivity (Wildman–Crippen MR) is 79.0 cm³/mol. The number of rotatable bonds is 3. The SMILES string of the molecule is COc1ccc2ccn(C3CC(N(C)C)C3)c2c1C. The number of fused-ring (bicyclic) bond motifs is 1. The van der Waals surface area contributed by atoms with Crippen molar-refractivity contribution >= 4 is 10.9 Å². The van der Waals surface area contributed by atoms with Crippen molar-refractivity contribution < 1.29 is 4.74 Å². The van der Waals surface area contributed by atoms with Gasteiger partial charge in [0.25, 0.3) is 0 Å². The molecule has 19 heavy (non-hydrogen) atoms. The molecule has 0 saturated heterocycles. The van der Waals surface area contributed by atoms with Gasteiger partial charge in [-0.15, -0.1) is 0 Å². The molecule has 1 fully saturated rings.